The molecule has 564 valence electrons. The normalized spacial score (nSPS) is 16.0. The number of aliphatic hydroxyl groups excluding tert-OH is 1. The van der Waals surface area contributed by atoms with Crippen molar-refractivity contribution < 1.29 is 66.9 Å². The molecule has 34 heteroatoms. The molecule has 0 radical (unpaired) electrons. The third-order valence-electron chi connectivity index (χ3n) is 16.4. The lowest BCUT2D eigenvalue weighted by atomic mass is 10.1. The van der Waals surface area contributed by atoms with Gasteiger partial charge in [0.2, 0.25) is 11.9 Å². The van der Waals surface area contributed by atoms with Crippen molar-refractivity contribution in [2.75, 3.05) is 99.9 Å². The topological polar surface area (TPSA) is 443 Å². The fraction of sp³-hybridized carbons (Fsp3) is 0.356. The van der Waals surface area contributed by atoms with Crippen LogP contribution in [0.3, 0.4) is 0 Å². The van der Waals surface area contributed by atoms with E-state index in [0.29, 0.717) is 121 Å². The van der Waals surface area contributed by atoms with Crippen molar-refractivity contribution in [3.63, 3.8) is 0 Å². The molecular formula is C73H84N16O18. The molecule has 0 unspecified atom stereocenters. The van der Waals surface area contributed by atoms with Crippen molar-refractivity contribution in [1.29, 1.82) is 0 Å². The number of methoxy groups -OCH3 is 5. The summed E-state index contributed by atoms with van der Waals surface area (Å²) >= 11 is 0. The van der Waals surface area contributed by atoms with Crippen LogP contribution in [0.15, 0.2) is 164 Å². The van der Waals surface area contributed by atoms with Gasteiger partial charge in [-0.05, 0) is 111 Å². The van der Waals surface area contributed by atoms with Gasteiger partial charge < -0.3 is 77.5 Å². The molecule has 0 bridgehead atoms. The fourth-order valence-electron chi connectivity index (χ4n) is 11.1. The zero-order chi connectivity index (χ0) is 76.5. The van der Waals surface area contributed by atoms with E-state index in [1.165, 1.54) is 33.7 Å². The number of fused-ring (bicyclic) bond motifs is 2. The maximum atomic E-state index is 12.9. The fourth-order valence-corrected chi connectivity index (χ4v) is 11.1. The van der Waals surface area contributed by atoms with Crippen molar-refractivity contribution in [3.05, 3.63) is 220 Å². The summed E-state index contributed by atoms with van der Waals surface area (Å²) in [6.45, 7) is 6.84. The number of nitrogens with two attached hydrogens (primary N) is 2. The number of aromatic nitrogens is 11. The number of anilines is 2. The molecule has 107 heavy (non-hydrogen) atoms. The van der Waals surface area contributed by atoms with Gasteiger partial charge in [0.15, 0.2) is 0 Å². The maximum absolute atomic E-state index is 12.9. The molecule has 0 amide bonds. The molecule has 0 saturated carbocycles. The van der Waals surface area contributed by atoms with Crippen LogP contribution in [-0.4, -0.2) is 165 Å². The van der Waals surface area contributed by atoms with E-state index >= 15 is 0 Å². The molecule has 5 N–H and O–H groups in total. The first-order valence-corrected chi connectivity index (χ1v) is 32.8. The number of terminal acetylenes is 1. The summed E-state index contributed by atoms with van der Waals surface area (Å²) in [4.78, 5) is 106. The highest BCUT2D eigenvalue weighted by Crippen LogP contribution is 2.31. The lowest BCUT2D eigenvalue weighted by Gasteiger charge is -2.13. The molecule has 4 atom stereocenters. The molecule has 2 aromatic carbocycles. The highest BCUT2D eigenvalue weighted by atomic mass is 16.5. The number of carbonyl (C=O) groups excluding carboxylic acids is 4. The predicted octanol–water partition coefficient (Wildman–Crippen LogP) is 6.69. The van der Waals surface area contributed by atoms with E-state index in [1.807, 2.05) is 36.4 Å². The summed E-state index contributed by atoms with van der Waals surface area (Å²) in [6.07, 6.45) is 22.4. The molecule has 0 spiro atoms. The zero-order valence-electron chi connectivity index (χ0n) is 59.0. The van der Waals surface area contributed by atoms with Crippen LogP contribution >= 0.6 is 0 Å². The number of azide groups is 1. The standard InChI is InChI=1S/C21H21N7O3.C11H9N3O.C11H13NO4.C10H12N4O2.C10H13NO3.C8H12O3.CO2.CH4/c1-30-17-6-2-5-15-18(23-21(22)24-19(15)17)16-11-27(26-25-16)10-13-4-3-8-28(20(13)29)14-7-9-31-12-14;1-3-8-7-5-4-6-9(15-2)10(7)14-11(12)13-8;1-15-11(14)9-3-2-5-12(10(9)13)8-4-6-16-7-8;11-13-12-6-8-2-1-4-14(10(8)15)9-3-5-16-7-9;12-6-8-2-1-4-11(10(8)13)9-3-5-14-7-9;1-7(8(9)11-3)5-4-6-10-2;2-1-3;/h2-6,8,11,14H,7,9-10,12H2,1H3,(H2,22,23,24);1,4-6H,2H3,(H2,12,13,14);2-3,5,8H,4,6-7H2,1H3;1-2,4,9H,3,5-7H2;1-2,4,9,12H,3,5-7H2;4-6H,1-3H3;;1H4/b;;;;;6-4+,7-5-;;/t14-;;8-;2*9-;;;/m0.000.../s1. The van der Waals surface area contributed by atoms with Crippen molar-refractivity contribution >= 4 is 51.8 Å². The van der Waals surface area contributed by atoms with E-state index in [4.69, 9.17) is 66.5 Å². The van der Waals surface area contributed by atoms with Gasteiger partial charge in [0.25, 0.3) is 22.2 Å². The van der Waals surface area contributed by atoms with Gasteiger partial charge in [-0.25, -0.2) is 34.2 Å². The summed E-state index contributed by atoms with van der Waals surface area (Å²) in [5.74, 6) is 3.05. The summed E-state index contributed by atoms with van der Waals surface area (Å²) in [5, 5.41) is 22.3. The Morgan fingerprint density at radius 2 is 1.12 bits per heavy atom. The number of pyridine rings is 4. The number of allylic oxidation sites excluding steroid dienone is 2. The highest BCUT2D eigenvalue weighted by Gasteiger charge is 2.24. The molecule has 9 aromatic rings. The smallest absolute Gasteiger partial charge is 0.373 e. The summed E-state index contributed by atoms with van der Waals surface area (Å²) in [6, 6.07) is 25.1. The second-order valence-electron chi connectivity index (χ2n) is 23.0. The zero-order valence-corrected chi connectivity index (χ0v) is 59.0. The average Bonchev–Trinajstić information content (AvgIpc) is 1.76. The Morgan fingerprint density at radius 1 is 0.654 bits per heavy atom. The van der Waals surface area contributed by atoms with Crippen molar-refractivity contribution in [1.82, 2.24) is 53.2 Å². The number of carbonyl (C=O) groups is 2. The summed E-state index contributed by atoms with van der Waals surface area (Å²) in [5.41, 5.74) is 24.2. The number of esters is 2. The number of benzene rings is 2. The van der Waals surface area contributed by atoms with Gasteiger partial charge in [0, 0.05) is 89.2 Å². The van der Waals surface area contributed by atoms with Gasteiger partial charge in [-0.2, -0.15) is 9.59 Å². The molecule has 4 aliphatic heterocycles. The van der Waals surface area contributed by atoms with Crippen LogP contribution in [0.1, 0.15) is 96.9 Å². The lowest BCUT2D eigenvalue weighted by molar-refractivity contribution is -0.191. The van der Waals surface area contributed by atoms with Crippen LogP contribution in [0.5, 0.6) is 11.5 Å². The molecule has 7 aromatic heterocycles. The number of ether oxygens (including phenoxy) is 9. The second kappa shape index (κ2) is 43.0. The van der Waals surface area contributed by atoms with Crippen molar-refractivity contribution in [3.8, 4) is 35.2 Å². The van der Waals surface area contributed by atoms with Crippen LogP contribution in [0.25, 0.3) is 43.6 Å². The molecular weight excluding hydrogens is 1390 g/mol. The quantitative estimate of drug-likeness (QED) is 0.0132. The molecule has 13 rings (SSSR count). The van der Waals surface area contributed by atoms with Gasteiger partial charge in [0.1, 0.15) is 45.2 Å². The van der Waals surface area contributed by atoms with Crippen LogP contribution in [-0.2, 0) is 67.2 Å². The molecule has 4 fully saturated rings. The number of hydrogen-bond acceptors (Lipinski definition) is 27. The molecule has 0 aliphatic carbocycles. The Hall–Kier alpha value is -12.5. The van der Waals surface area contributed by atoms with Gasteiger partial charge in [-0.15, -0.1) is 11.5 Å². The van der Waals surface area contributed by atoms with Gasteiger partial charge >= 0.3 is 18.1 Å². The Balaban J connectivity index is 0.000000207. The van der Waals surface area contributed by atoms with Crippen LogP contribution in [0, 0.1) is 12.3 Å². The molecule has 4 saturated heterocycles. The third kappa shape index (κ3) is 22.8. The largest absolute Gasteiger partial charge is 0.504 e. The minimum atomic E-state index is -0.599. The van der Waals surface area contributed by atoms with E-state index in [9.17, 15) is 28.8 Å². The Bertz CT molecular complexity index is 4890. The number of nitrogen functional groups attached to an aromatic ring is 2. The van der Waals surface area contributed by atoms with Gasteiger partial charge in [-0.3, -0.25) is 19.2 Å². The molecule has 4 aliphatic rings. The molecule has 11 heterocycles. The van der Waals surface area contributed by atoms with E-state index in [0.717, 1.165) is 36.5 Å². The van der Waals surface area contributed by atoms with Crippen LogP contribution in [0.4, 0.5) is 11.9 Å². The first-order valence-electron chi connectivity index (χ1n) is 32.8. The summed E-state index contributed by atoms with van der Waals surface area (Å²) in [7, 11) is 7.30. The van der Waals surface area contributed by atoms with Crippen molar-refractivity contribution in [2.45, 2.75) is 83.9 Å². The maximum Gasteiger partial charge on any atom is 0.373 e. The highest BCUT2D eigenvalue weighted by molar-refractivity contribution is 5.95. The molecule has 34 nitrogen and oxygen atoms in total. The SMILES string of the molecule is C.C#Cc1nc(N)nc2c(OC)cccc12.CO/C=C/C=C(/C)C(=O)OC.COC(=O)c1cccn([C@H]2CCOC2)c1=O.COc1cccc2c(-c3cn(Cc4cccn([C@H]5CCOC5)c4=O)nn3)nc(N)nc12.O=C=O.O=c1c(CO)cccn1[C@H]1CCOC1.[N-]=[N+]=NCc1cccn([C@H]2CCOC2)c1=O. The Morgan fingerprint density at radius 3 is 1.59 bits per heavy atom. The first kappa shape index (κ1) is 83.5. The van der Waals surface area contributed by atoms with Gasteiger partial charge in [0.05, 0.1) is 118 Å². The van der Waals surface area contributed by atoms with Crippen molar-refractivity contribution in [2.24, 2.45) is 5.11 Å². The first-order chi connectivity index (χ1) is 51.4. The Labute approximate surface area is 613 Å². The number of hydrogen-bond donors (Lipinski definition) is 3. The van der Waals surface area contributed by atoms with E-state index < -0.39 is 5.97 Å². The second-order valence-corrected chi connectivity index (χ2v) is 23.0. The number of rotatable bonds is 16. The van der Waals surface area contributed by atoms with E-state index in [1.54, 1.807) is 130 Å². The number of para-hydroxylation sites is 2. The minimum absolute atomic E-state index is 0. The average molecular weight is 1470 g/mol. The number of nitrogens with zero attached hydrogens (tertiary/aromatic N) is 14. The van der Waals surface area contributed by atoms with Crippen LogP contribution < -0.4 is 43.2 Å². The Kier molecular flexibility index (Phi) is 33.5. The predicted molar refractivity (Wildman–Crippen MR) is 392 cm³/mol. The third-order valence-corrected chi connectivity index (χ3v) is 16.4. The van der Waals surface area contributed by atoms with Crippen LogP contribution in [0.2, 0.25) is 0 Å². The minimum Gasteiger partial charge on any atom is -0.504 e. The number of aliphatic hydroxyl groups is 1. The summed E-state index contributed by atoms with van der Waals surface area (Å²) < 4.78 is 53.5. The van der Waals surface area contributed by atoms with Gasteiger partial charge in [-0.1, -0.05) is 48.1 Å². The van der Waals surface area contributed by atoms with E-state index in [-0.39, 0.29) is 96.6 Å². The van der Waals surface area contributed by atoms with E-state index in [2.05, 4.69) is 60.4 Å². The monoisotopic (exact) mass is 1470 g/mol. The lowest BCUT2D eigenvalue weighted by Crippen LogP contribution is -2.29.